The molecule has 0 fully saturated rings. The zero-order valence-corrected chi connectivity index (χ0v) is 15.4. The molecule has 0 unspecified atom stereocenters. The van der Waals surface area contributed by atoms with Gasteiger partial charge in [0.1, 0.15) is 17.2 Å². The second kappa shape index (κ2) is 8.95. The number of rotatable bonds is 7. The van der Waals surface area contributed by atoms with Gasteiger partial charge < -0.3 is 14.8 Å². The van der Waals surface area contributed by atoms with Crippen molar-refractivity contribution in [1.29, 1.82) is 0 Å². The third-order valence-corrected chi connectivity index (χ3v) is 4.32. The summed E-state index contributed by atoms with van der Waals surface area (Å²) in [6.45, 7) is 3.27. The van der Waals surface area contributed by atoms with Gasteiger partial charge in [0.2, 0.25) is 0 Å². The Hall–Kier alpha value is -2.94. The number of esters is 1. The minimum atomic E-state index is -0.407. The number of anilines is 1. The van der Waals surface area contributed by atoms with Gasteiger partial charge in [-0.25, -0.2) is 4.98 Å². The van der Waals surface area contributed by atoms with E-state index in [0.717, 1.165) is 11.3 Å². The van der Waals surface area contributed by atoms with Crippen LogP contribution in [0.15, 0.2) is 24.3 Å². The maximum absolute atomic E-state index is 12.3. The van der Waals surface area contributed by atoms with Crippen LogP contribution in [-0.4, -0.2) is 43.0 Å². The number of thiazole rings is 1. The Morgan fingerprint density at radius 1 is 1.23 bits per heavy atom. The Labute approximate surface area is 154 Å². The molecule has 0 aliphatic rings. The number of hydrogen-bond acceptors (Lipinski definition) is 7. The van der Waals surface area contributed by atoms with Crippen LogP contribution < -0.4 is 15.4 Å². The zero-order chi connectivity index (χ0) is 19.1. The van der Waals surface area contributed by atoms with Gasteiger partial charge in [0.25, 0.3) is 11.8 Å². The number of aryl methyl sites for hydroxylation is 1. The summed E-state index contributed by atoms with van der Waals surface area (Å²) in [6.07, 6.45) is 0. The van der Waals surface area contributed by atoms with Crippen molar-refractivity contribution >= 4 is 34.3 Å². The maximum atomic E-state index is 12.3. The molecule has 1 aromatic carbocycles. The molecular formula is C17H19N3O5S. The highest BCUT2D eigenvalue weighted by atomic mass is 32.1. The van der Waals surface area contributed by atoms with Crippen molar-refractivity contribution in [3.63, 3.8) is 0 Å². The van der Waals surface area contributed by atoms with E-state index in [1.807, 2.05) is 0 Å². The highest BCUT2D eigenvalue weighted by molar-refractivity contribution is 7.17. The number of ether oxygens (including phenoxy) is 2. The molecule has 0 saturated carbocycles. The van der Waals surface area contributed by atoms with Gasteiger partial charge in [-0.3, -0.25) is 19.7 Å². The van der Waals surface area contributed by atoms with Gasteiger partial charge in [0.05, 0.1) is 19.3 Å². The quantitative estimate of drug-likeness (QED) is 0.565. The van der Waals surface area contributed by atoms with Crippen LogP contribution in [0, 0.1) is 6.92 Å². The number of aromatic nitrogens is 1. The summed E-state index contributed by atoms with van der Waals surface area (Å²) in [5, 5.41) is 5.62. The highest BCUT2D eigenvalue weighted by Crippen LogP contribution is 2.23. The summed E-state index contributed by atoms with van der Waals surface area (Å²) in [6, 6.07) is 6.71. The lowest BCUT2D eigenvalue weighted by Crippen LogP contribution is -2.27. The normalized spacial score (nSPS) is 10.1. The summed E-state index contributed by atoms with van der Waals surface area (Å²) in [5.74, 6) is -0.523. The second-order valence-electron chi connectivity index (χ2n) is 5.22. The van der Waals surface area contributed by atoms with Gasteiger partial charge in [-0.2, -0.15) is 0 Å². The Bertz CT molecular complexity index is 818. The predicted molar refractivity (Wildman–Crippen MR) is 96.8 cm³/mol. The lowest BCUT2D eigenvalue weighted by molar-refractivity contribution is -0.140. The van der Waals surface area contributed by atoms with Gasteiger partial charge in [0, 0.05) is 12.5 Å². The number of nitrogens with zero attached hydrogens (tertiary/aromatic N) is 1. The third-order valence-electron chi connectivity index (χ3n) is 3.25. The van der Waals surface area contributed by atoms with E-state index in [0.29, 0.717) is 27.0 Å². The van der Waals surface area contributed by atoms with Crippen molar-refractivity contribution in [3.05, 3.63) is 40.4 Å². The SMILES string of the molecule is COc1cccc(C(=O)Nc2nc(C)c(C(=O)NCCOC(C)=O)s2)c1. The smallest absolute Gasteiger partial charge is 0.302 e. The first-order valence-electron chi connectivity index (χ1n) is 7.75. The predicted octanol–water partition coefficient (Wildman–Crippen LogP) is 2.01. The van der Waals surface area contributed by atoms with Gasteiger partial charge >= 0.3 is 5.97 Å². The Morgan fingerprint density at radius 2 is 2.00 bits per heavy atom. The Morgan fingerprint density at radius 3 is 2.69 bits per heavy atom. The molecule has 138 valence electrons. The van der Waals surface area contributed by atoms with E-state index < -0.39 is 5.97 Å². The lowest BCUT2D eigenvalue weighted by atomic mass is 10.2. The second-order valence-corrected chi connectivity index (χ2v) is 6.21. The van der Waals surface area contributed by atoms with E-state index in [1.54, 1.807) is 31.2 Å². The number of benzene rings is 1. The van der Waals surface area contributed by atoms with E-state index >= 15 is 0 Å². The van der Waals surface area contributed by atoms with Gasteiger partial charge in [-0.15, -0.1) is 0 Å². The van der Waals surface area contributed by atoms with Crippen LogP contribution in [0.2, 0.25) is 0 Å². The summed E-state index contributed by atoms with van der Waals surface area (Å²) >= 11 is 1.07. The van der Waals surface area contributed by atoms with E-state index in [-0.39, 0.29) is 25.0 Å². The first kappa shape index (κ1) is 19.4. The van der Waals surface area contributed by atoms with Gasteiger partial charge in [0.15, 0.2) is 5.13 Å². The summed E-state index contributed by atoms with van der Waals surface area (Å²) in [4.78, 5) is 39.7. The van der Waals surface area contributed by atoms with E-state index in [1.165, 1.54) is 14.0 Å². The fourth-order valence-electron chi connectivity index (χ4n) is 2.03. The van der Waals surface area contributed by atoms with E-state index in [9.17, 15) is 14.4 Å². The van der Waals surface area contributed by atoms with Crippen LogP contribution in [0.5, 0.6) is 5.75 Å². The molecule has 2 aromatic rings. The molecule has 0 atom stereocenters. The first-order chi connectivity index (χ1) is 12.4. The van der Waals surface area contributed by atoms with Crippen molar-refractivity contribution in [2.45, 2.75) is 13.8 Å². The molecule has 0 bridgehead atoms. The zero-order valence-electron chi connectivity index (χ0n) is 14.6. The molecule has 2 N–H and O–H groups in total. The average Bonchev–Trinajstić information content (AvgIpc) is 2.98. The van der Waals surface area contributed by atoms with E-state index in [4.69, 9.17) is 9.47 Å². The minimum absolute atomic E-state index is 0.0956. The molecule has 2 rings (SSSR count). The van der Waals surface area contributed by atoms with Gasteiger partial charge in [-0.1, -0.05) is 17.4 Å². The number of carbonyl (C=O) groups excluding carboxylic acids is 3. The van der Waals surface area contributed by atoms with E-state index in [2.05, 4.69) is 15.6 Å². The first-order valence-corrected chi connectivity index (χ1v) is 8.56. The number of methoxy groups -OCH3 is 1. The topological polar surface area (TPSA) is 107 Å². The number of nitrogens with one attached hydrogen (secondary N) is 2. The fourth-order valence-corrected chi connectivity index (χ4v) is 2.91. The van der Waals surface area contributed by atoms with Crippen molar-refractivity contribution in [2.24, 2.45) is 0 Å². The van der Waals surface area contributed by atoms with Crippen molar-refractivity contribution in [1.82, 2.24) is 10.3 Å². The Balaban J connectivity index is 1.99. The standard InChI is InChI=1S/C17H19N3O5S/c1-10-14(16(23)18-7-8-25-11(2)21)26-17(19-10)20-15(22)12-5-4-6-13(9-12)24-3/h4-6,9H,7-8H2,1-3H3,(H,18,23)(H,19,20,22). The largest absolute Gasteiger partial charge is 0.497 e. The van der Waals surface area contributed by atoms with Crippen molar-refractivity contribution in [3.8, 4) is 5.75 Å². The van der Waals surface area contributed by atoms with Crippen LogP contribution in [-0.2, 0) is 9.53 Å². The van der Waals surface area contributed by atoms with Crippen LogP contribution in [0.1, 0.15) is 32.6 Å². The monoisotopic (exact) mass is 377 g/mol. The number of amides is 2. The van der Waals surface area contributed by atoms with Crippen LogP contribution >= 0.6 is 11.3 Å². The van der Waals surface area contributed by atoms with Gasteiger partial charge in [-0.05, 0) is 25.1 Å². The molecule has 26 heavy (non-hydrogen) atoms. The van der Waals surface area contributed by atoms with Crippen LogP contribution in [0.25, 0.3) is 0 Å². The molecule has 0 aliphatic carbocycles. The molecule has 1 heterocycles. The summed E-state index contributed by atoms with van der Waals surface area (Å²) < 4.78 is 9.85. The molecule has 1 aromatic heterocycles. The molecule has 0 saturated heterocycles. The summed E-state index contributed by atoms with van der Waals surface area (Å²) in [7, 11) is 1.52. The fraction of sp³-hybridized carbons (Fsp3) is 0.294. The molecular weight excluding hydrogens is 358 g/mol. The number of hydrogen-bond donors (Lipinski definition) is 2. The number of carbonyl (C=O) groups is 3. The molecule has 0 aliphatic heterocycles. The maximum Gasteiger partial charge on any atom is 0.302 e. The van der Waals surface area contributed by atoms with Crippen molar-refractivity contribution in [2.75, 3.05) is 25.6 Å². The molecule has 0 spiro atoms. The van der Waals surface area contributed by atoms with Crippen LogP contribution in [0.3, 0.4) is 0 Å². The minimum Gasteiger partial charge on any atom is -0.497 e. The summed E-state index contributed by atoms with van der Waals surface area (Å²) in [5.41, 5.74) is 0.922. The molecule has 0 radical (unpaired) electrons. The van der Waals surface area contributed by atoms with Crippen LogP contribution in [0.4, 0.5) is 5.13 Å². The third kappa shape index (κ3) is 5.28. The molecule has 9 heteroatoms. The molecule has 2 amide bonds. The molecule has 8 nitrogen and oxygen atoms in total. The lowest BCUT2D eigenvalue weighted by Gasteiger charge is -2.04. The van der Waals surface area contributed by atoms with Crippen molar-refractivity contribution < 1.29 is 23.9 Å². The average molecular weight is 377 g/mol. The Kier molecular flexibility index (Phi) is 6.67. The highest BCUT2D eigenvalue weighted by Gasteiger charge is 2.17.